The molecular weight excluding hydrogens is 182 g/mol. The number of carbonyl (C=O) groups is 2. The van der Waals surface area contributed by atoms with E-state index in [-0.39, 0.29) is 18.2 Å². The number of amides is 1. The second-order valence-electron chi connectivity index (χ2n) is 3.87. The number of hydrogen-bond donors (Lipinski definition) is 1. The fraction of sp³-hybridized carbons (Fsp3) is 0.800. The first-order valence-electron chi connectivity index (χ1n) is 5.12. The van der Waals surface area contributed by atoms with Crippen molar-refractivity contribution in [2.24, 2.45) is 5.92 Å². The SMILES string of the molecule is CC1CCCN(CCCC(=O)O)C1=O. The molecule has 1 aliphatic rings. The highest BCUT2D eigenvalue weighted by Gasteiger charge is 2.24. The third-order valence-electron chi connectivity index (χ3n) is 2.62. The Balaban J connectivity index is 2.29. The van der Waals surface area contributed by atoms with E-state index < -0.39 is 5.97 Å². The van der Waals surface area contributed by atoms with Gasteiger partial charge in [-0.15, -0.1) is 0 Å². The van der Waals surface area contributed by atoms with Crippen LogP contribution in [0.3, 0.4) is 0 Å². The minimum Gasteiger partial charge on any atom is -0.481 e. The summed E-state index contributed by atoms with van der Waals surface area (Å²) in [6, 6.07) is 0. The molecule has 0 aromatic carbocycles. The molecular formula is C10H17NO3. The van der Waals surface area contributed by atoms with E-state index in [0.29, 0.717) is 13.0 Å². The van der Waals surface area contributed by atoms with Crippen molar-refractivity contribution in [3.8, 4) is 0 Å². The van der Waals surface area contributed by atoms with Gasteiger partial charge in [-0.05, 0) is 19.3 Å². The monoisotopic (exact) mass is 199 g/mol. The van der Waals surface area contributed by atoms with Crippen molar-refractivity contribution in [3.05, 3.63) is 0 Å². The predicted octanol–water partition coefficient (Wildman–Crippen LogP) is 1.11. The predicted molar refractivity (Wildman–Crippen MR) is 51.8 cm³/mol. The van der Waals surface area contributed by atoms with E-state index >= 15 is 0 Å². The lowest BCUT2D eigenvalue weighted by molar-refractivity contribution is -0.140. The van der Waals surface area contributed by atoms with E-state index in [9.17, 15) is 9.59 Å². The van der Waals surface area contributed by atoms with Gasteiger partial charge < -0.3 is 10.0 Å². The van der Waals surface area contributed by atoms with Crippen molar-refractivity contribution in [1.29, 1.82) is 0 Å². The molecule has 1 saturated heterocycles. The van der Waals surface area contributed by atoms with Gasteiger partial charge in [0, 0.05) is 25.4 Å². The molecule has 14 heavy (non-hydrogen) atoms. The number of likely N-dealkylation sites (tertiary alicyclic amines) is 1. The number of carboxylic acids is 1. The van der Waals surface area contributed by atoms with Crippen LogP contribution < -0.4 is 0 Å². The van der Waals surface area contributed by atoms with Crippen LogP contribution in [0.25, 0.3) is 0 Å². The summed E-state index contributed by atoms with van der Waals surface area (Å²) >= 11 is 0. The van der Waals surface area contributed by atoms with Gasteiger partial charge in [0.2, 0.25) is 5.91 Å². The van der Waals surface area contributed by atoms with Gasteiger partial charge in [-0.1, -0.05) is 6.92 Å². The number of nitrogens with zero attached hydrogens (tertiary/aromatic N) is 1. The first-order valence-corrected chi connectivity index (χ1v) is 5.12. The Bertz CT molecular complexity index is 227. The van der Waals surface area contributed by atoms with Gasteiger partial charge >= 0.3 is 5.97 Å². The van der Waals surface area contributed by atoms with Crippen LogP contribution in [0.2, 0.25) is 0 Å². The van der Waals surface area contributed by atoms with Crippen LogP contribution in [0, 0.1) is 5.92 Å². The molecule has 1 N–H and O–H groups in total. The topological polar surface area (TPSA) is 57.6 Å². The summed E-state index contributed by atoms with van der Waals surface area (Å²) in [5.41, 5.74) is 0. The Kier molecular flexibility index (Phi) is 3.92. The van der Waals surface area contributed by atoms with Crippen molar-refractivity contribution in [3.63, 3.8) is 0 Å². The second kappa shape index (κ2) is 4.98. The van der Waals surface area contributed by atoms with Gasteiger partial charge in [0.05, 0.1) is 0 Å². The summed E-state index contributed by atoms with van der Waals surface area (Å²) in [7, 11) is 0. The van der Waals surface area contributed by atoms with Gasteiger partial charge in [-0.3, -0.25) is 9.59 Å². The van der Waals surface area contributed by atoms with Crippen LogP contribution in [0.5, 0.6) is 0 Å². The summed E-state index contributed by atoms with van der Waals surface area (Å²) in [4.78, 5) is 23.7. The highest BCUT2D eigenvalue weighted by molar-refractivity contribution is 5.79. The fourth-order valence-corrected chi connectivity index (χ4v) is 1.78. The molecule has 1 atom stereocenters. The number of piperidine rings is 1. The first-order chi connectivity index (χ1) is 6.61. The number of carbonyl (C=O) groups excluding carboxylic acids is 1. The van der Waals surface area contributed by atoms with Gasteiger partial charge in [-0.2, -0.15) is 0 Å². The zero-order valence-corrected chi connectivity index (χ0v) is 8.53. The molecule has 0 bridgehead atoms. The molecule has 1 heterocycles. The van der Waals surface area contributed by atoms with Crippen LogP contribution in [-0.2, 0) is 9.59 Å². The Morgan fingerprint density at radius 1 is 1.64 bits per heavy atom. The maximum atomic E-state index is 11.6. The Hall–Kier alpha value is -1.06. The first kappa shape index (κ1) is 11.0. The highest BCUT2D eigenvalue weighted by atomic mass is 16.4. The van der Waals surface area contributed by atoms with Crippen LogP contribution in [-0.4, -0.2) is 35.0 Å². The molecule has 0 saturated carbocycles. The maximum absolute atomic E-state index is 11.6. The molecule has 4 heteroatoms. The highest BCUT2D eigenvalue weighted by Crippen LogP contribution is 2.17. The van der Waals surface area contributed by atoms with Crippen molar-refractivity contribution < 1.29 is 14.7 Å². The third kappa shape index (κ3) is 3.01. The maximum Gasteiger partial charge on any atom is 0.303 e. The molecule has 0 radical (unpaired) electrons. The van der Waals surface area contributed by atoms with E-state index in [1.807, 2.05) is 6.92 Å². The van der Waals surface area contributed by atoms with Crippen LogP contribution in [0.15, 0.2) is 0 Å². The number of hydrogen-bond acceptors (Lipinski definition) is 2. The molecule has 0 aromatic rings. The standard InChI is InChI=1S/C10H17NO3/c1-8-4-2-6-11(10(8)14)7-3-5-9(12)13/h8H,2-7H2,1H3,(H,12,13). The normalized spacial score (nSPS) is 22.5. The van der Waals surface area contributed by atoms with Gasteiger partial charge in [0.15, 0.2) is 0 Å². The third-order valence-corrected chi connectivity index (χ3v) is 2.62. The summed E-state index contributed by atoms with van der Waals surface area (Å²) in [6.07, 6.45) is 2.72. The molecule has 1 aliphatic heterocycles. The zero-order chi connectivity index (χ0) is 10.6. The molecule has 0 aromatic heterocycles. The molecule has 1 rings (SSSR count). The smallest absolute Gasteiger partial charge is 0.303 e. The summed E-state index contributed by atoms with van der Waals surface area (Å²) in [5.74, 6) is -0.488. The molecule has 1 amide bonds. The lowest BCUT2D eigenvalue weighted by atomic mass is 9.99. The largest absolute Gasteiger partial charge is 0.481 e. The van der Waals surface area contributed by atoms with E-state index in [0.717, 1.165) is 19.4 Å². The Morgan fingerprint density at radius 3 is 3.00 bits per heavy atom. The average molecular weight is 199 g/mol. The number of carboxylic acid groups (broad SMARTS) is 1. The summed E-state index contributed by atoms with van der Waals surface area (Å²) < 4.78 is 0. The number of aliphatic carboxylic acids is 1. The lowest BCUT2D eigenvalue weighted by Gasteiger charge is -2.30. The van der Waals surface area contributed by atoms with E-state index in [1.165, 1.54) is 0 Å². The molecule has 80 valence electrons. The van der Waals surface area contributed by atoms with Crippen LogP contribution in [0.4, 0.5) is 0 Å². The molecule has 1 unspecified atom stereocenters. The van der Waals surface area contributed by atoms with Crippen molar-refractivity contribution in [2.45, 2.75) is 32.6 Å². The van der Waals surface area contributed by atoms with Crippen molar-refractivity contribution in [1.82, 2.24) is 4.90 Å². The number of rotatable bonds is 4. The van der Waals surface area contributed by atoms with Crippen molar-refractivity contribution in [2.75, 3.05) is 13.1 Å². The van der Waals surface area contributed by atoms with Crippen LogP contribution in [0.1, 0.15) is 32.6 Å². The van der Waals surface area contributed by atoms with Gasteiger partial charge in [0.25, 0.3) is 0 Å². The van der Waals surface area contributed by atoms with Crippen molar-refractivity contribution >= 4 is 11.9 Å². The Morgan fingerprint density at radius 2 is 2.36 bits per heavy atom. The van der Waals surface area contributed by atoms with Crippen LogP contribution >= 0.6 is 0 Å². The van der Waals surface area contributed by atoms with Gasteiger partial charge in [0.1, 0.15) is 0 Å². The van der Waals surface area contributed by atoms with E-state index in [4.69, 9.17) is 5.11 Å². The quantitative estimate of drug-likeness (QED) is 0.737. The summed E-state index contributed by atoms with van der Waals surface area (Å²) in [6.45, 7) is 3.32. The lowest BCUT2D eigenvalue weighted by Crippen LogP contribution is -2.40. The van der Waals surface area contributed by atoms with E-state index in [1.54, 1.807) is 4.90 Å². The Labute approximate surface area is 83.9 Å². The summed E-state index contributed by atoms with van der Waals surface area (Å²) in [5, 5.41) is 8.46. The second-order valence-corrected chi connectivity index (χ2v) is 3.87. The minimum absolute atomic E-state index is 0.119. The van der Waals surface area contributed by atoms with E-state index in [2.05, 4.69) is 0 Å². The minimum atomic E-state index is -0.789. The molecule has 4 nitrogen and oxygen atoms in total. The average Bonchev–Trinajstić information content (AvgIpc) is 2.12. The zero-order valence-electron chi connectivity index (χ0n) is 8.53. The molecule has 0 spiro atoms. The molecule has 0 aliphatic carbocycles. The van der Waals surface area contributed by atoms with Gasteiger partial charge in [-0.25, -0.2) is 0 Å². The fourth-order valence-electron chi connectivity index (χ4n) is 1.78. The molecule has 1 fully saturated rings.